The van der Waals surface area contributed by atoms with Gasteiger partial charge in [0.2, 0.25) is 0 Å². The molecule has 3 nitrogen and oxygen atoms in total. The average molecular weight is 310 g/mol. The second-order valence-corrected chi connectivity index (χ2v) is 5.41. The van der Waals surface area contributed by atoms with E-state index in [9.17, 15) is 4.79 Å². The minimum atomic E-state index is -0.659. The summed E-state index contributed by atoms with van der Waals surface area (Å²) in [6.07, 6.45) is 2.70. The van der Waals surface area contributed by atoms with Crippen molar-refractivity contribution in [2.75, 3.05) is 6.61 Å². The fraction of sp³-hybridized carbons (Fsp3) is 0.250. The second-order valence-electron chi connectivity index (χ2n) is 5.41. The molecule has 2 aromatic rings. The Morgan fingerprint density at radius 1 is 1.09 bits per heavy atom. The third kappa shape index (κ3) is 5.29. The van der Waals surface area contributed by atoms with Crippen LogP contribution in [0.3, 0.4) is 0 Å². The smallest absolute Gasteiger partial charge is 0.435 e. The fourth-order valence-electron chi connectivity index (χ4n) is 2.29. The van der Waals surface area contributed by atoms with Crippen LogP contribution in [0.5, 0.6) is 0 Å². The van der Waals surface area contributed by atoms with Gasteiger partial charge in [0, 0.05) is 0 Å². The van der Waals surface area contributed by atoms with Crippen molar-refractivity contribution < 1.29 is 14.3 Å². The van der Waals surface area contributed by atoms with Gasteiger partial charge in [-0.15, -0.1) is 0 Å². The van der Waals surface area contributed by atoms with Crippen molar-refractivity contribution in [3.8, 4) is 0 Å². The lowest BCUT2D eigenvalue weighted by Crippen LogP contribution is -2.11. The van der Waals surface area contributed by atoms with Crippen LogP contribution in [0.4, 0.5) is 4.79 Å². The molecule has 0 fully saturated rings. The average Bonchev–Trinajstić information content (AvgIpc) is 2.52. The number of carbonyl (C=O) groups is 1. The molecule has 0 aliphatic carbocycles. The maximum Gasteiger partial charge on any atom is 0.509 e. The van der Waals surface area contributed by atoms with E-state index in [2.05, 4.69) is 6.07 Å². The highest BCUT2D eigenvalue weighted by molar-refractivity contribution is 5.61. The molecular formula is C20H22O3. The molecule has 1 atom stereocenters. The molecule has 0 aliphatic rings. The predicted molar refractivity (Wildman–Crippen MR) is 92.2 cm³/mol. The Kier molecular flexibility index (Phi) is 5.98. The van der Waals surface area contributed by atoms with Crippen molar-refractivity contribution in [2.45, 2.75) is 26.9 Å². The standard InChI is InChI=1S/C20H22O3/c1-4-22-20(21)23-19(18-10-6-8-16(3)14-18)12-11-17-9-5-7-15(2)13-17/h5-14,19H,4H2,1-3H3/b12-11+/t19-/m1/s1. The van der Waals surface area contributed by atoms with E-state index >= 15 is 0 Å². The van der Waals surface area contributed by atoms with Crippen molar-refractivity contribution in [1.82, 2.24) is 0 Å². The fourth-order valence-corrected chi connectivity index (χ4v) is 2.29. The van der Waals surface area contributed by atoms with Gasteiger partial charge in [-0.3, -0.25) is 0 Å². The third-order valence-corrected chi connectivity index (χ3v) is 3.36. The van der Waals surface area contributed by atoms with Crippen LogP contribution in [0.15, 0.2) is 54.6 Å². The summed E-state index contributed by atoms with van der Waals surface area (Å²) >= 11 is 0. The predicted octanol–water partition coefficient (Wildman–Crippen LogP) is 5.23. The highest BCUT2D eigenvalue weighted by atomic mass is 16.7. The van der Waals surface area contributed by atoms with E-state index in [1.165, 1.54) is 5.56 Å². The van der Waals surface area contributed by atoms with E-state index in [4.69, 9.17) is 9.47 Å². The number of aryl methyl sites for hydroxylation is 2. The second kappa shape index (κ2) is 8.18. The number of hydrogen-bond donors (Lipinski definition) is 0. The summed E-state index contributed by atoms with van der Waals surface area (Å²) in [5, 5.41) is 0. The molecule has 3 heteroatoms. The SMILES string of the molecule is CCOC(=O)O[C@H](/C=C/c1cccc(C)c1)c1cccc(C)c1. The summed E-state index contributed by atoms with van der Waals surface area (Å²) in [7, 11) is 0. The van der Waals surface area contributed by atoms with Gasteiger partial charge in [-0.1, -0.05) is 65.7 Å². The molecule has 0 N–H and O–H groups in total. The lowest BCUT2D eigenvalue weighted by atomic mass is 10.0. The van der Waals surface area contributed by atoms with Crippen LogP contribution in [0.1, 0.15) is 35.3 Å². The van der Waals surface area contributed by atoms with Crippen LogP contribution in [0.2, 0.25) is 0 Å². The number of ether oxygens (including phenoxy) is 2. The molecule has 0 heterocycles. The highest BCUT2D eigenvalue weighted by Crippen LogP contribution is 2.22. The summed E-state index contributed by atoms with van der Waals surface area (Å²) in [6, 6.07) is 16.0. The van der Waals surface area contributed by atoms with Gasteiger partial charge in [0.25, 0.3) is 0 Å². The van der Waals surface area contributed by atoms with Gasteiger partial charge in [-0.05, 0) is 38.0 Å². The lowest BCUT2D eigenvalue weighted by Gasteiger charge is -2.15. The first kappa shape index (κ1) is 16.8. The van der Waals surface area contributed by atoms with Gasteiger partial charge in [0.15, 0.2) is 0 Å². The van der Waals surface area contributed by atoms with Gasteiger partial charge in [0.1, 0.15) is 6.10 Å². The maximum absolute atomic E-state index is 11.7. The van der Waals surface area contributed by atoms with E-state index in [1.54, 1.807) is 6.92 Å². The van der Waals surface area contributed by atoms with Crippen LogP contribution < -0.4 is 0 Å². The van der Waals surface area contributed by atoms with Crippen molar-refractivity contribution >= 4 is 12.2 Å². The largest absolute Gasteiger partial charge is 0.509 e. The maximum atomic E-state index is 11.7. The molecule has 2 rings (SSSR count). The molecule has 0 radical (unpaired) electrons. The van der Waals surface area contributed by atoms with E-state index in [0.29, 0.717) is 6.61 Å². The molecule has 0 unspecified atom stereocenters. The van der Waals surface area contributed by atoms with E-state index < -0.39 is 12.3 Å². The Morgan fingerprint density at radius 3 is 2.43 bits per heavy atom. The van der Waals surface area contributed by atoms with E-state index in [1.807, 2.05) is 68.5 Å². The first-order valence-corrected chi connectivity index (χ1v) is 7.73. The molecule has 120 valence electrons. The Bertz CT molecular complexity index is 689. The summed E-state index contributed by atoms with van der Waals surface area (Å²) in [6.45, 7) is 6.10. The molecule has 0 aliphatic heterocycles. The quantitative estimate of drug-likeness (QED) is 0.709. The van der Waals surface area contributed by atoms with Crippen molar-refractivity contribution in [3.63, 3.8) is 0 Å². The zero-order chi connectivity index (χ0) is 16.7. The van der Waals surface area contributed by atoms with Gasteiger partial charge >= 0.3 is 6.16 Å². The van der Waals surface area contributed by atoms with Crippen LogP contribution in [0.25, 0.3) is 6.08 Å². The van der Waals surface area contributed by atoms with Crippen LogP contribution in [0, 0.1) is 13.8 Å². The van der Waals surface area contributed by atoms with Crippen LogP contribution >= 0.6 is 0 Å². The number of carbonyl (C=O) groups excluding carboxylic acids is 1. The molecular weight excluding hydrogens is 288 g/mol. The Labute approximate surface area is 137 Å². The van der Waals surface area contributed by atoms with Crippen molar-refractivity contribution in [3.05, 3.63) is 76.9 Å². The number of rotatable bonds is 5. The topological polar surface area (TPSA) is 35.5 Å². The highest BCUT2D eigenvalue weighted by Gasteiger charge is 2.14. The molecule has 0 saturated carbocycles. The van der Waals surface area contributed by atoms with Crippen LogP contribution in [-0.2, 0) is 9.47 Å². The molecule has 0 amide bonds. The van der Waals surface area contributed by atoms with Gasteiger partial charge in [0.05, 0.1) is 6.61 Å². The molecule has 0 saturated heterocycles. The zero-order valence-electron chi connectivity index (χ0n) is 13.8. The monoisotopic (exact) mass is 310 g/mol. The first-order chi connectivity index (χ1) is 11.1. The summed E-state index contributed by atoms with van der Waals surface area (Å²) < 4.78 is 10.3. The Hall–Kier alpha value is -2.55. The lowest BCUT2D eigenvalue weighted by molar-refractivity contribution is 0.0403. The van der Waals surface area contributed by atoms with Gasteiger partial charge in [-0.25, -0.2) is 4.79 Å². The van der Waals surface area contributed by atoms with Crippen LogP contribution in [-0.4, -0.2) is 12.8 Å². The minimum Gasteiger partial charge on any atom is -0.435 e. The van der Waals surface area contributed by atoms with E-state index in [0.717, 1.165) is 16.7 Å². The first-order valence-electron chi connectivity index (χ1n) is 7.73. The minimum absolute atomic E-state index is 0.293. The zero-order valence-corrected chi connectivity index (χ0v) is 13.8. The summed E-state index contributed by atoms with van der Waals surface area (Å²) in [4.78, 5) is 11.7. The van der Waals surface area contributed by atoms with Crippen molar-refractivity contribution in [1.29, 1.82) is 0 Å². The number of hydrogen-bond acceptors (Lipinski definition) is 3. The molecule has 0 aromatic heterocycles. The molecule has 2 aromatic carbocycles. The molecule has 0 spiro atoms. The number of benzene rings is 2. The Balaban J connectivity index is 2.24. The van der Waals surface area contributed by atoms with Gasteiger partial charge < -0.3 is 9.47 Å². The Morgan fingerprint density at radius 2 is 1.78 bits per heavy atom. The van der Waals surface area contributed by atoms with Crippen molar-refractivity contribution in [2.24, 2.45) is 0 Å². The third-order valence-electron chi connectivity index (χ3n) is 3.36. The van der Waals surface area contributed by atoms with E-state index in [-0.39, 0.29) is 0 Å². The molecule has 0 bridgehead atoms. The van der Waals surface area contributed by atoms with Gasteiger partial charge in [-0.2, -0.15) is 0 Å². The summed E-state index contributed by atoms with van der Waals surface area (Å²) in [5.41, 5.74) is 4.28. The summed E-state index contributed by atoms with van der Waals surface area (Å²) in [5.74, 6) is 0. The normalized spacial score (nSPS) is 12.1. The molecule has 23 heavy (non-hydrogen) atoms.